The lowest BCUT2D eigenvalue weighted by Crippen LogP contribution is -2.31. The molecule has 1 aliphatic heterocycles. The molecule has 0 bridgehead atoms. The third-order valence-corrected chi connectivity index (χ3v) is 7.80. The first kappa shape index (κ1) is 23.8. The molecule has 1 aromatic heterocycles. The normalized spacial score (nSPS) is 22.3. The van der Waals surface area contributed by atoms with Gasteiger partial charge in [-0.1, -0.05) is 17.8 Å². The highest BCUT2D eigenvalue weighted by Gasteiger charge is 2.60. The molecule has 2 aromatic rings. The Bertz CT molecular complexity index is 1070. The summed E-state index contributed by atoms with van der Waals surface area (Å²) in [6.07, 6.45) is -1.08. The number of fused-ring (bicyclic) bond motifs is 1. The molecule has 6 nitrogen and oxygen atoms in total. The fourth-order valence-electron chi connectivity index (χ4n) is 4.91. The van der Waals surface area contributed by atoms with Crippen molar-refractivity contribution in [3.8, 4) is 0 Å². The van der Waals surface area contributed by atoms with Gasteiger partial charge in [-0.3, -0.25) is 10.8 Å². The smallest absolute Gasteiger partial charge is 0.416 e. The van der Waals surface area contributed by atoms with Crippen molar-refractivity contribution in [3.05, 3.63) is 52.7 Å². The Balaban J connectivity index is 1.25. The van der Waals surface area contributed by atoms with E-state index in [1.807, 2.05) is 0 Å². The van der Waals surface area contributed by atoms with E-state index in [2.05, 4.69) is 9.88 Å². The van der Waals surface area contributed by atoms with E-state index in [1.54, 1.807) is 27.0 Å². The van der Waals surface area contributed by atoms with Gasteiger partial charge in [-0.2, -0.15) is 13.2 Å². The zero-order valence-electron chi connectivity index (χ0n) is 18.9. The van der Waals surface area contributed by atoms with Crippen LogP contribution >= 0.6 is 11.8 Å². The van der Waals surface area contributed by atoms with Crippen LogP contribution in [0.1, 0.15) is 41.0 Å². The number of nitrogens with zero attached hydrogens (tertiary/aromatic N) is 3. The minimum Gasteiger partial charge on any atom is -0.440 e. The van der Waals surface area contributed by atoms with Gasteiger partial charge in [-0.25, -0.2) is 4.98 Å². The van der Waals surface area contributed by atoms with Crippen LogP contribution in [-0.4, -0.2) is 58.2 Å². The number of amidine groups is 2. The Morgan fingerprint density at radius 1 is 1.33 bits per heavy atom. The number of aromatic nitrogens is 1. The molecule has 2 heterocycles. The molecular weight excluding hydrogens is 451 g/mol. The van der Waals surface area contributed by atoms with Crippen LogP contribution in [0.2, 0.25) is 0 Å². The predicted molar refractivity (Wildman–Crippen MR) is 123 cm³/mol. The molecule has 4 rings (SSSR count). The lowest BCUT2D eigenvalue weighted by molar-refractivity contribution is -0.137. The molecule has 2 unspecified atom stereocenters. The zero-order valence-corrected chi connectivity index (χ0v) is 19.7. The maximum Gasteiger partial charge on any atom is 0.416 e. The highest BCUT2D eigenvalue weighted by molar-refractivity contribution is 8.13. The Morgan fingerprint density at radius 2 is 2.09 bits per heavy atom. The molecule has 0 radical (unpaired) electrons. The van der Waals surface area contributed by atoms with Gasteiger partial charge in [0.1, 0.15) is 0 Å². The third kappa shape index (κ3) is 4.68. The van der Waals surface area contributed by atoms with Crippen molar-refractivity contribution in [2.75, 3.05) is 32.4 Å². The second-order valence-corrected chi connectivity index (χ2v) is 10.1. The Kier molecular flexibility index (Phi) is 6.34. The minimum absolute atomic E-state index is 0.00169. The molecule has 2 aliphatic rings. The van der Waals surface area contributed by atoms with Crippen LogP contribution in [0.5, 0.6) is 0 Å². The van der Waals surface area contributed by atoms with Crippen molar-refractivity contribution in [2.24, 2.45) is 5.92 Å². The molecule has 1 aromatic carbocycles. The summed E-state index contributed by atoms with van der Waals surface area (Å²) >= 11 is 1.39. The van der Waals surface area contributed by atoms with Gasteiger partial charge in [0.05, 0.1) is 11.3 Å². The van der Waals surface area contributed by atoms with Gasteiger partial charge in [-0.05, 0) is 62.4 Å². The monoisotopic (exact) mass is 479 g/mol. The van der Waals surface area contributed by atoms with E-state index in [9.17, 15) is 13.2 Å². The number of hydrogen-bond donors (Lipinski definition) is 2. The van der Waals surface area contributed by atoms with Crippen molar-refractivity contribution < 1.29 is 17.6 Å². The number of alkyl halides is 3. The second kappa shape index (κ2) is 8.79. The van der Waals surface area contributed by atoms with Crippen LogP contribution in [0.15, 0.2) is 29.0 Å². The lowest BCUT2D eigenvalue weighted by Gasteiger charge is -2.23. The number of halogens is 3. The minimum atomic E-state index is -4.31. The molecule has 178 valence electrons. The Labute approximate surface area is 195 Å². The molecule has 2 N–H and O–H groups in total. The van der Waals surface area contributed by atoms with Crippen LogP contribution in [0, 0.1) is 30.6 Å². The van der Waals surface area contributed by atoms with E-state index >= 15 is 0 Å². The molecule has 1 saturated heterocycles. The summed E-state index contributed by atoms with van der Waals surface area (Å²) in [5.74, 6) is 1.73. The molecule has 10 heteroatoms. The first-order chi connectivity index (χ1) is 15.5. The number of oxazole rings is 1. The average molecular weight is 480 g/mol. The van der Waals surface area contributed by atoms with Crippen molar-refractivity contribution in [1.29, 1.82) is 10.8 Å². The van der Waals surface area contributed by atoms with Crippen LogP contribution in [0.3, 0.4) is 0 Å². The molecule has 1 saturated carbocycles. The number of piperidine rings is 1. The van der Waals surface area contributed by atoms with E-state index < -0.39 is 11.7 Å². The highest BCUT2D eigenvalue weighted by Crippen LogP contribution is 2.59. The highest BCUT2D eigenvalue weighted by atomic mass is 32.2. The van der Waals surface area contributed by atoms with Crippen LogP contribution in [0.25, 0.3) is 0 Å². The average Bonchev–Trinajstić information content (AvgIpc) is 3.08. The second-order valence-electron chi connectivity index (χ2n) is 9.00. The molecule has 2 fully saturated rings. The van der Waals surface area contributed by atoms with Gasteiger partial charge < -0.3 is 14.2 Å². The first-order valence-corrected chi connectivity index (χ1v) is 11.9. The molecule has 2 atom stereocenters. The van der Waals surface area contributed by atoms with Crippen LogP contribution in [0.4, 0.5) is 13.2 Å². The number of thioether (sulfide) groups is 1. The van der Waals surface area contributed by atoms with Gasteiger partial charge >= 0.3 is 6.18 Å². The quantitative estimate of drug-likeness (QED) is 0.350. The van der Waals surface area contributed by atoms with Gasteiger partial charge in [-0.15, -0.1) is 0 Å². The topological polar surface area (TPSA) is 80.2 Å². The standard InChI is InChI=1S/C23H28F3N5OS/c1-14-9-16(23(24,25)26)5-6-18(14)22-10-17(22)11-31(12-22)7-4-8-33-21(28)30(3)20(27)19-15(2)29-13-32-19/h5-6,9,13,17,27-28H,4,7-8,10-12H2,1-3H3. The molecule has 0 spiro atoms. The van der Waals surface area contributed by atoms with Crippen LogP contribution in [-0.2, 0) is 11.6 Å². The summed E-state index contributed by atoms with van der Waals surface area (Å²) in [5, 5.41) is 16.7. The largest absolute Gasteiger partial charge is 0.440 e. The van der Waals surface area contributed by atoms with E-state index in [0.29, 0.717) is 17.4 Å². The Hall–Kier alpha value is -2.33. The number of likely N-dealkylation sites (tertiary alicyclic amines) is 1. The number of aryl methyl sites for hydroxylation is 2. The number of rotatable bonds is 6. The first-order valence-electron chi connectivity index (χ1n) is 10.9. The zero-order chi connectivity index (χ0) is 24.0. The lowest BCUT2D eigenvalue weighted by atomic mass is 9.90. The number of benzene rings is 1. The van der Waals surface area contributed by atoms with E-state index in [1.165, 1.54) is 35.2 Å². The summed E-state index contributed by atoms with van der Waals surface area (Å²) in [7, 11) is 1.67. The van der Waals surface area contributed by atoms with Crippen molar-refractivity contribution in [2.45, 2.75) is 38.3 Å². The van der Waals surface area contributed by atoms with E-state index in [4.69, 9.17) is 15.2 Å². The van der Waals surface area contributed by atoms with Crippen LogP contribution < -0.4 is 0 Å². The van der Waals surface area contributed by atoms with Gasteiger partial charge in [0.15, 0.2) is 23.2 Å². The SMILES string of the molecule is Cc1cc(C(F)(F)F)ccc1C12CC1CN(CCCSC(=N)N(C)C(=N)c1ocnc1C)C2. The molecular formula is C23H28F3N5OS. The van der Waals surface area contributed by atoms with Crippen molar-refractivity contribution in [1.82, 2.24) is 14.8 Å². The Morgan fingerprint density at radius 3 is 2.73 bits per heavy atom. The maximum atomic E-state index is 13.0. The summed E-state index contributed by atoms with van der Waals surface area (Å²) in [6, 6.07) is 4.17. The molecule has 33 heavy (non-hydrogen) atoms. The van der Waals surface area contributed by atoms with E-state index in [0.717, 1.165) is 49.4 Å². The molecule has 1 aliphatic carbocycles. The fourth-order valence-corrected chi connectivity index (χ4v) is 5.66. The summed E-state index contributed by atoms with van der Waals surface area (Å²) in [4.78, 5) is 7.86. The summed E-state index contributed by atoms with van der Waals surface area (Å²) in [5.41, 5.74) is 1.82. The van der Waals surface area contributed by atoms with E-state index in [-0.39, 0.29) is 16.4 Å². The predicted octanol–water partition coefficient (Wildman–Crippen LogP) is 4.90. The summed E-state index contributed by atoms with van der Waals surface area (Å²) < 4.78 is 44.3. The number of nitrogens with one attached hydrogen (secondary N) is 2. The molecule has 0 amide bonds. The van der Waals surface area contributed by atoms with Gasteiger partial charge in [0.2, 0.25) is 0 Å². The third-order valence-electron chi connectivity index (χ3n) is 6.76. The van der Waals surface area contributed by atoms with Gasteiger partial charge in [0.25, 0.3) is 0 Å². The van der Waals surface area contributed by atoms with Crippen molar-refractivity contribution >= 4 is 22.8 Å². The summed E-state index contributed by atoms with van der Waals surface area (Å²) in [6.45, 7) is 6.28. The maximum absolute atomic E-state index is 13.0. The number of hydrogen-bond acceptors (Lipinski definition) is 6. The fraction of sp³-hybridized carbons (Fsp3) is 0.522. The van der Waals surface area contributed by atoms with Gasteiger partial charge in [0, 0.05) is 31.3 Å². The van der Waals surface area contributed by atoms with Crippen molar-refractivity contribution in [3.63, 3.8) is 0 Å².